The van der Waals surface area contributed by atoms with Gasteiger partial charge in [-0.05, 0) is 23.8 Å². The first kappa shape index (κ1) is 13.4. The predicted molar refractivity (Wildman–Crippen MR) is 87.6 cm³/mol. The van der Waals surface area contributed by atoms with Gasteiger partial charge in [0.1, 0.15) is 6.33 Å². The average molecular weight is 306 g/mol. The topological polar surface area (TPSA) is 77.2 Å². The van der Waals surface area contributed by atoms with Gasteiger partial charge in [-0.2, -0.15) is 0 Å². The molecular formula is C16H14N6O. The Kier molecular flexibility index (Phi) is 3.04. The molecule has 4 aromatic rings. The summed E-state index contributed by atoms with van der Waals surface area (Å²) in [5, 5.41) is 8.19. The van der Waals surface area contributed by atoms with E-state index in [2.05, 4.69) is 25.4 Å². The number of nitrogens with one attached hydrogen (secondary N) is 1. The normalized spacial score (nSPS) is 11.0. The molecule has 114 valence electrons. The van der Waals surface area contributed by atoms with Gasteiger partial charge in [0.05, 0.1) is 29.7 Å². The molecule has 0 spiro atoms. The summed E-state index contributed by atoms with van der Waals surface area (Å²) in [5.74, 6) is 1.14. The summed E-state index contributed by atoms with van der Waals surface area (Å²) in [4.78, 5) is 12.7. The van der Waals surface area contributed by atoms with Crippen LogP contribution in [0.5, 0.6) is 5.88 Å². The third kappa shape index (κ3) is 2.13. The number of methoxy groups -OCH3 is 1. The SMILES string of the molecule is CNc1ncc2c(-c3ccc4ncnc(OC)c4c3)ccn2n1. The number of hydrogen-bond donors (Lipinski definition) is 1. The van der Waals surface area contributed by atoms with Gasteiger partial charge in [-0.3, -0.25) is 0 Å². The highest BCUT2D eigenvalue weighted by atomic mass is 16.5. The van der Waals surface area contributed by atoms with Crippen LogP contribution in [0.4, 0.5) is 5.95 Å². The minimum atomic E-state index is 0.564. The van der Waals surface area contributed by atoms with Gasteiger partial charge in [0.2, 0.25) is 11.8 Å². The van der Waals surface area contributed by atoms with Crippen molar-refractivity contribution in [2.75, 3.05) is 19.5 Å². The number of benzene rings is 1. The van der Waals surface area contributed by atoms with E-state index in [4.69, 9.17) is 4.74 Å². The van der Waals surface area contributed by atoms with Crippen molar-refractivity contribution < 1.29 is 4.74 Å². The van der Waals surface area contributed by atoms with Crippen molar-refractivity contribution >= 4 is 22.4 Å². The maximum absolute atomic E-state index is 5.33. The fourth-order valence-corrected chi connectivity index (χ4v) is 2.62. The fraction of sp³-hybridized carbons (Fsp3) is 0.125. The van der Waals surface area contributed by atoms with Crippen LogP contribution in [-0.2, 0) is 0 Å². The molecule has 0 bridgehead atoms. The highest BCUT2D eigenvalue weighted by molar-refractivity contribution is 5.91. The first-order chi connectivity index (χ1) is 11.3. The van der Waals surface area contributed by atoms with E-state index >= 15 is 0 Å². The Morgan fingerprint density at radius 3 is 2.87 bits per heavy atom. The lowest BCUT2D eigenvalue weighted by molar-refractivity contribution is 0.402. The second-order valence-corrected chi connectivity index (χ2v) is 5.01. The van der Waals surface area contributed by atoms with E-state index < -0.39 is 0 Å². The van der Waals surface area contributed by atoms with Gasteiger partial charge < -0.3 is 10.1 Å². The summed E-state index contributed by atoms with van der Waals surface area (Å²) < 4.78 is 7.13. The van der Waals surface area contributed by atoms with Gasteiger partial charge in [-0.1, -0.05) is 6.07 Å². The summed E-state index contributed by atoms with van der Waals surface area (Å²) in [7, 11) is 3.40. The molecule has 0 aliphatic heterocycles. The molecule has 0 amide bonds. The molecule has 0 unspecified atom stereocenters. The molecule has 0 atom stereocenters. The van der Waals surface area contributed by atoms with Crippen molar-refractivity contribution in [3.8, 4) is 17.0 Å². The van der Waals surface area contributed by atoms with Gasteiger partial charge in [0.25, 0.3) is 0 Å². The molecule has 0 saturated carbocycles. The van der Waals surface area contributed by atoms with Crippen LogP contribution in [0, 0.1) is 0 Å². The number of fused-ring (bicyclic) bond motifs is 2. The van der Waals surface area contributed by atoms with Crippen molar-refractivity contribution in [1.82, 2.24) is 24.6 Å². The summed E-state index contributed by atoms with van der Waals surface area (Å²) in [6.45, 7) is 0. The molecule has 23 heavy (non-hydrogen) atoms. The zero-order valence-corrected chi connectivity index (χ0v) is 12.7. The number of rotatable bonds is 3. The van der Waals surface area contributed by atoms with Crippen molar-refractivity contribution in [2.45, 2.75) is 0 Å². The fourth-order valence-electron chi connectivity index (χ4n) is 2.62. The van der Waals surface area contributed by atoms with Crippen LogP contribution in [0.15, 0.2) is 43.0 Å². The standard InChI is InChI=1S/C16H14N6O/c1-17-16-18-8-14-11(5-6-22(14)21-16)10-3-4-13-12(7-10)15(23-2)20-9-19-13/h3-9H,1-2H3,(H,17,21). The highest BCUT2D eigenvalue weighted by Gasteiger charge is 2.10. The predicted octanol–water partition coefficient (Wildman–Crippen LogP) is 2.39. The molecule has 0 radical (unpaired) electrons. The van der Waals surface area contributed by atoms with Gasteiger partial charge in [-0.15, -0.1) is 5.10 Å². The molecule has 0 aliphatic carbocycles. The molecule has 1 aromatic carbocycles. The summed E-state index contributed by atoms with van der Waals surface area (Å²) in [6.07, 6.45) is 5.22. The Morgan fingerprint density at radius 2 is 2.04 bits per heavy atom. The molecule has 1 N–H and O–H groups in total. The van der Waals surface area contributed by atoms with Gasteiger partial charge >= 0.3 is 0 Å². The number of hydrogen-bond acceptors (Lipinski definition) is 6. The largest absolute Gasteiger partial charge is 0.480 e. The smallest absolute Gasteiger partial charge is 0.240 e. The zero-order valence-electron chi connectivity index (χ0n) is 12.7. The molecule has 0 fully saturated rings. The number of anilines is 1. The molecule has 3 heterocycles. The van der Waals surface area contributed by atoms with E-state index in [1.807, 2.05) is 30.5 Å². The first-order valence-electron chi connectivity index (χ1n) is 7.11. The van der Waals surface area contributed by atoms with Gasteiger partial charge in [0, 0.05) is 18.8 Å². The summed E-state index contributed by atoms with van der Waals surface area (Å²) in [6, 6.07) is 8.02. The number of aromatic nitrogens is 5. The van der Waals surface area contributed by atoms with Crippen molar-refractivity contribution in [3.63, 3.8) is 0 Å². The first-order valence-corrected chi connectivity index (χ1v) is 7.11. The van der Waals surface area contributed by atoms with Crippen LogP contribution in [0.2, 0.25) is 0 Å². The van der Waals surface area contributed by atoms with Gasteiger partial charge in [-0.25, -0.2) is 19.5 Å². The molecular weight excluding hydrogens is 292 g/mol. The second-order valence-electron chi connectivity index (χ2n) is 5.01. The van der Waals surface area contributed by atoms with Crippen LogP contribution < -0.4 is 10.1 Å². The molecule has 0 aliphatic rings. The quantitative estimate of drug-likeness (QED) is 0.626. The Bertz CT molecular complexity index is 1010. The van der Waals surface area contributed by atoms with E-state index in [-0.39, 0.29) is 0 Å². The van der Waals surface area contributed by atoms with E-state index in [0.717, 1.165) is 27.5 Å². The van der Waals surface area contributed by atoms with Crippen LogP contribution in [0.25, 0.3) is 27.5 Å². The van der Waals surface area contributed by atoms with Crippen LogP contribution >= 0.6 is 0 Å². The summed E-state index contributed by atoms with van der Waals surface area (Å²) in [5.41, 5.74) is 3.85. The zero-order chi connectivity index (χ0) is 15.8. The lowest BCUT2D eigenvalue weighted by Crippen LogP contribution is -2.00. The molecule has 7 heteroatoms. The third-order valence-corrected chi connectivity index (χ3v) is 3.74. The van der Waals surface area contributed by atoms with E-state index in [9.17, 15) is 0 Å². The minimum Gasteiger partial charge on any atom is -0.480 e. The maximum atomic E-state index is 5.33. The molecule has 0 saturated heterocycles. The van der Waals surface area contributed by atoms with Gasteiger partial charge in [0.15, 0.2) is 0 Å². The van der Waals surface area contributed by atoms with Crippen LogP contribution in [-0.4, -0.2) is 38.7 Å². The Morgan fingerprint density at radius 1 is 1.13 bits per heavy atom. The maximum Gasteiger partial charge on any atom is 0.240 e. The van der Waals surface area contributed by atoms with Crippen molar-refractivity contribution in [3.05, 3.63) is 43.0 Å². The van der Waals surface area contributed by atoms with Crippen molar-refractivity contribution in [1.29, 1.82) is 0 Å². The second kappa shape index (κ2) is 5.20. The average Bonchev–Trinajstić information content (AvgIpc) is 3.03. The number of nitrogens with zero attached hydrogens (tertiary/aromatic N) is 5. The molecule has 4 rings (SSSR count). The Balaban J connectivity index is 1.92. The molecule has 7 nitrogen and oxygen atoms in total. The number of ether oxygens (including phenoxy) is 1. The Hall–Kier alpha value is -3.22. The van der Waals surface area contributed by atoms with E-state index in [0.29, 0.717) is 11.8 Å². The monoisotopic (exact) mass is 306 g/mol. The van der Waals surface area contributed by atoms with E-state index in [1.165, 1.54) is 6.33 Å². The minimum absolute atomic E-state index is 0.564. The van der Waals surface area contributed by atoms with E-state index in [1.54, 1.807) is 24.9 Å². The lowest BCUT2D eigenvalue weighted by atomic mass is 10.1. The summed E-state index contributed by atoms with van der Waals surface area (Å²) >= 11 is 0. The lowest BCUT2D eigenvalue weighted by Gasteiger charge is -2.06. The Labute approximate surface area is 132 Å². The van der Waals surface area contributed by atoms with Crippen LogP contribution in [0.3, 0.4) is 0 Å². The molecule has 3 aromatic heterocycles. The highest BCUT2D eigenvalue weighted by Crippen LogP contribution is 2.30. The van der Waals surface area contributed by atoms with Crippen LogP contribution in [0.1, 0.15) is 0 Å². The van der Waals surface area contributed by atoms with Crippen molar-refractivity contribution in [2.24, 2.45) is 0 Å². The third-order valence-electron chi connectivity index (χ3n) is 3.74.